The van der Waals surface area contributed by atoms with E-state index in [4.69, 9.17) is 9.97 Å². The number of nitrogens with zero attached hydrogens (tertiary/aromatic N) is 2. The SMILES string of the molecule is Cc1ccc2c(N[C@H]3CC3c3ccccc3)nc(-c3ccccc3O)nc2c1. The van der Waals surface area contributed by atoms with Crippen molar-refractivity contribution < 1.29 is 5.11 Å². The first-order valence-electron chi connectivity index (χ1n) is 9.57. The molecule has 4 aromatic rings. The minimum absolute atomic E-state index is 0.189. The lowest BCUT2D eigenvalue weighted by Crippen LogP contribution is -2.08. The molecule has 1 aliphatic rings. The highest BCUT2D eigenvalue weighted by atomic mass is 16.3. The molecule has 3 aromatic carbocycles. The van der Waals surface area contributed by atoms with Crippen LogP contribution in [0, 0.1) is 6.92 Å². The number of fused-ring (bicyclic) bond motifs is 1. The Bertz CT molecular complexity index is 1160. The van der Waals surface area contributed by atoms with Crippen LogP contribution in [0.2, 0.25) is 0 Å². The molecule has 0 amide bonds. The van der Waals surface area contributed by atoms with Gasteiger partial charge in [-0.05, 0) is 48.7 Å². The zero-order chi connectivity index (χ0) is 19.1. The molecule has 2 N–H and O–H groups in total. The van der Waals surface area contributed by atoms with E-state index in [0.717, 1.165) is 28.7 Å². The minimum Gasteiger partial charge on any atom is -0.507 e. The fourth-order valence-corrected chi connectivity index (χ4v) is 3.73. The largest absolute Gasteiger partial charge is 0.507 e. The number of aromatic nitrogens is 2. The van der Waals surface area contributed by atoms with Crippen molar-refractivity contribution in [3.63, 3.8) is 0 Å². The molecule has 138 valence electrons. The van der Waals surface area contributed by atoms with Crippen LogP contribution in [0.25, 0.3) is 22.3 Å². The van der Waals surface area contributed by atoms with Crippen LogP contribution < -0.4 is 5.32 Å². The summed E-state index contributed by atoms with van der Waals surface area (Å²) >= 11 is 0. The van der Waals surface area contributed by atoms with Crippen molar-refractivity contribution in [1.29, 1.82) is 0 Å². The molecule has 1 saturated carbocycles. The quantitative estimate of drug-likeness (QED) is 0.515. The number of benzene rings is 3. The normalized spacial score (nSPS) is 18.2. The lowest BCUT2D eigenvalue weighted by atomic mass is 10.1. The van der Waals surface area contributed by atoms with Crippen molar-refractivity contribution in [3.8, 4) is 17.1 Å². The van der Waals surface area contributed by atoms with Crippen LogP contribution in [0.1, 0.15) is 23.5 Å². The number of rotatable bonds is 4. The molecule has 1 fully saturated rings. The Kier molecular flexibility index (Phi) is 3.97. The van der Waals surface area contributed by atoms with E-state index in [2.05, 4.69) is 54.7 Å². The van der Waals surface area contributed by atoms with Crippen LogP contribution in [0.3, 0.4) is 0 Å². The number of aryl methyl sites for hydroxylation is 1. The molecule has 5 rings (SSSR count). The highest BCUT2D eigenvalue weighted by Gasteiger charge is 2.38. The van der Waals surface area contributed by atoms with Crippen LogP contribution in [-0.4, -0.2) is 21.1 Å². The third-order valence-electron chi connectivity index (χ3n) is 5.34. The zero-order valence-corrected chi connectivity index (χ0v) is 15.6. The van der Waals surface area contributed by atoms with Gasteiger partial charge in [0.1, 0.15) is 11.6 Å². The number of phenolic OH excluding ortho intramolecular Hbond substituents is 1. The number of hydrogen-bond donors (Lipinski definition) is 2. The Hall–Kier alpha value is -3.40. The first-order chi connectivity index (χ1) is 13.7. The molecule has 1 aromatic heterocycles. The second kappa shape index (κ2) is 6.64. The topological polar surface area (TPSA) is 58.0 Å². The van der Waals surface area contributed by atoms with E-state index in [-0.39, 0.29) is 5.75 Å². The highest BCUT2D eigenvalue weighted by molar-refractivity contribution is 5.91. The standard InChI is InChI=1S/C24H21N3O/c1-15-11-12-17-20(13-15)25-24(18-9-5-6-10-22(18)28)27-23(17)26-21-14-19(21)16-7-3-2-4-8-16/h2-13,19,21,28H,14H2,1H3,(H,25,26,27)/t19?,21-/m0/s1. The Labute approximate surface area is 163 Å². The van der Waals surface area contributed by atoms with Crippen molar-refractivity contribution >= 4 is 16.7 Å². The van der Waals surface area contributed by atoms with Gasteiger partial charge in [0.05, 0.1) is 11.1 Å². The summed E-state index contributed by atoms with van der Waals surface area (Å²) in [6.07, 6.45) is 1.09. The van der Waals surface area contributed by atoms with Crippen LogP contribution in [0.5, 0.6) is 5.75 Å². The van der Waals surface area contributed by atoms with Crippen molar-refractivity contribution in [2.75, 3.05) is 5.32 Å². The molecular formula is C24H21N3O. The summed E-state index contributed by atoms with van der Waals surface area (Å²) in [6, 6.07) is 24.4. The van der Waals surface area contributed by atoms with Crippen LogP contribution in [0.15, 0.2) is 72.8 Å². The Balaban J connectivity index is 1.55. The molecule has 4 heteroatoms. The van der Waals surface area contributed by atoms with Crippen LogP contribution in [0.4, 0.5) is 5.82 Å². The average Bonchev–Trinajstić information content (AvgIpc) is 3.48. The van der Waals surface area contributed by atoms with E-state index in [0.29, 0.717) is 23.3 Å². The number of nitrogens with one attached hydrogen (secondary N) is 1. The minimum atomic E-state index is 0.189. The summed E-state index contributed by atoms with van der Waals surface area (Å²) in [7, 11) is 0. The second-order valence-corrected chi connectivity index (χ2v) is 7.44. The maximum atomic E-state index is 10.3. The Morgan fingerprint density at radius 1 is 0.929 bits per heavy atom. The van der Waals surface area contributed by atoms with Gasteiger partial charge in [-0.2, -0.15) is 0 Å². The molecule has 1 aliphatic carbocycles. The number of phenols is 1. The fourth-order valence-electron chi connectivity index (χ4n) is 3.73. The van der Waals surface area contributed by atoms with Gasteiger partial charge in [0.25, 0.3) is 0 Å². The van der Waals surface area contributed by atoms with E-state index in [1.54, 1.807) is 12.1 Å². The Morgan fingerprint density at radius 3 is 2.54 bits per heavy atom. The van der Waals surface area contributed by atoms with Gasteiger partial charge in [0.15, 0.2) is 5.82 Å². The molecule has 1 heterocycles. The predicted molar refractivity (Wildman–Crippen MR) is 113 cm³/mol. The first-order valence-corrected chi connectivity index (χ1v) is 9.57. The van der Waals surface area contributed by atoms with Crippen molar-refractivity contribution in [2.45, 2.75) is 25.3 Å². The maximum absolute atomic E-state index is 10.3. The average molecular weight is 367 g/mol. The van der Waals surface area contributed by atoms with E-state index < -0.39 is 0 Å². The van der Waals surface area contributed by atoms with Crippen LogP contribution >= 0.6 is 0 Å². The van der Waals surface area contributed by atoms with E-state index in [1.807, 2.05) is 18.2 Å². The molecule has 0 bridgehead atoms. The van der Waals surface area contributed by atoms with E-state index in [1.165, 1.54) is 5.56 Å². The summed E-state index contributed by atoms with van der Waals surface area (Å²) in [6.45, 7) is 2.06. The van der Waals surface area contributed by atoms with E-state index >= 15 is 0 Å². The fraction of sp³-hybridized carbons (Fsp3) is 0.167. The number of anilines is 1. The molecule has 4 nitrogen and oxygen atoms in total. The van der Waals surface area contributed by atoms with Gasteiger partial charge in [-0.15, -0.1) is 0 Å². The van der Waals surface area contributed by atoms with E-state index in [9.17, 15) is 5.11 Å². The van der Waals surface area contributed by atoms with Gasteiger partial charge in [-0.25, -0.2) is 9.97 Å². The van der Waals surface area contributed by atoms with Gasteiger partial charge in [-0.1, -0.05) is 48.5 Å². The number of hydrogen-bond acceptors (Lipinski definition) is 4. The first kappa shape index (κ1) is 16.8. The molecule has 0 spiro atoms. The van der Waals surface area contributed by atoms with Gasteiger partial charge in [-0.3, -0.25) is 0 Å². The van der Waals surface area contributed by atoms with Crippen molar-refractivity contribution in [2.24, 2.45) is 0 Å². The Morgan fingerprint density at radius 2 is 1.71 bits per heavy atom. The van der Waals surface area contributed by atoms with Crippen molar-refractivity contribution in [1.82, 2.24) is 9.97 Å². The molecule has 2 atom stereocenters. The predicted octanol–water partition coefficient (Wildman–Crippen LogP) is 5.28. The third-order valence-corrected chi connectivity index (χ3v) is 5.34. The van der Waals surface area contributed by atoms with Gasteiger partial charge < -0.3 is 10.4 Å². The molecule has 1 unspecified atom stereocenters. The van der Waals surface area contributed by atoms with Gasteiger partial charge >= 0.3 is 0 Å². The summed E-state index contributed by atoms with van der Waals surface area (Å²) in [5.41, 5.74) is 4.03. The zero-order valence-electron chi connectivity index (χ0n) is 15.6. The summed E-state index contributed by atoms with van der Waals surface area (Å²) in [4.78, 5) is 9.51. The summed E-state index contributed by atoms with van der Waals surface area (Å²) in [5.74, 6) is 2.06. The highest BCUT2D eigenvalue weighted by Crippen LogP contribution is 2.43. The second-order valence-electron chi connectivity index (χ2n) is 7.44. The molecule has 0 saturated heterocycles. The molecule has 0 aliphatic heterocycles. The molecule has 28 heavy (non-hydrogen) atoms. The van der Waals surface area contributed by atoms with Gasteiger partial charge in [0, 0.05) is 17.3 Å². The lowest BCUT2D eigenvalue weighted by Gasteiger charge is -2.12. The number of para-hydroxylation sites is 1. The smallest absolute Gasteiger partial charge is 0.165 e. The van der Waals surface area contributed by atoms with Crippen molar-refractivity contribution in [3.05, 3.63) is 83.9 Å². The summed E-state index contributed by atoms with van der Waals surface area (Å²) < 4.78 is 0. The monoisotopic (exact) mass is 367 g/mol. The summed E-state index contributed by atoms with van der Waals surface area (Å²) in [5, 5.41) is 14.9. The molecular weight excluding hydrogens is 346 g/mol. The number of aromatic hydroxyl groups is 1. The van der Waals surface area contributed by atoms with Gasteiger partial charge in [0.2, 0.25) is 0 Å². The lowest BCUT2D eigenvalue weighted by molar-refractivity contribution is 0.477. The third kappa shape index (κ3) is 3.07. The van der Waals surface area contributed by atoms with Crippen LogP contribution in [-0.2, 0) is 0 Å². The maximum Gasteiger partial charge on any atom is 0.165 e. The molecule has 0 radical (unpaired) electrons.